The van der Waals surface area contributed by atoms with Gasteiger partial charge in [-0.1, -0.05) is 42.0 Å². The van der Waals surface area contributed by atoms with Crippen LogP contribution in [0.2, 0.25) is 0 Å². The number of aryl methyl sites for hydroxylation is 1. The molecule has 0 saturated heterocycles. The lowest BCUT2D eigenvalue weighted by molar-refractivity contribution is -0.115. The molecular formula is C23H21N3O3S. The minimum absolute atomic E-state index is 0.120. The lowest BCUT2D eigenvalue weighted by Gasteiger charge is -2.08. The van der Waals surface area contributed by atoms with Crippen LogP contribution in [0.25, 0.3) is 22.4 Å². The van der Waals surface area contributed by atoms with Crippen molar-refractivity contribution < 1.29 is 13.2 Å². The van der Waals surface area contributed by atoms with Crippen molar-refractivity contribution in [3.63, 3.8) is 0 Å². The largest absolute Gasteiger partial charge is 0.338 e. The van der Waals surface area contributed by atoms with Crippen molar-refractivity contribution in [2.24, 2.45) is 0 Å². The van der Waals surface area contributed by atoms with Gasteiger partial charge < -0.3 is 10.3 Å². The van der Waals surface area contributed by atoms with Gasteiger partial charge in [-0.2, -0.15) is 0 Å². The molecule has 1 aromatic heterocycles. The number of fused-ring (bicyclic) bond motifs is 1. The van der Waals surface area contributed by atoms with Gasteiger partial charge in [-0.25, -0.2) is 13.4 Å². The molecule has 1 amide bonds. The van der Waals surface area contributed by atoms with Crippen molar-refractivity contribution in [3.8, 4) is 11.4 Å². The fourth-order valence-electron chi connectivity index (χ4n) is 3.15. The summed E-state index contributed by atoms with van der Waals surface area (Å²) in [5, 5.41) is 2.77. The molecule has 30 heavy (non-hydrogen) atoms. The Hall–Kier alpha value is -3.45. The first-order chi connectivity index (χ1) is 14.4. The zero-order chi connectivity index (χ0) is 21.1. The number of sulfone groups is 1. The van der Waals surface area contributed by atoms with Gasteiger partial charge in [0.2, 0.25) is 5.91 Å². The first-order valence-corrected chi connectivity index (χ1v) is 11.2. The highest BCUT2D eigenvalue weighted by Crippen LogP contribution is 2.23. The van der Waals surface area contributed by atoms with E-state index in [1.54, 1.807) is 30.3 Å². The molecule has 152 valence electrons. The minimum Gasteiger partial charge on any atom is -0.338 e. The molecule has 0 aliphatic rings. The number of carbonyl (C=O) groups is 1. The second-order valence-electron chi connectivity index (χ2n) is 7.11. The number of aromatic amines is 1. The zero-order valence-corrected chi connectivity index (χ0v) is 17.2. The van der Waals surface area contributed by atoms with Crippen LogP contribution in [0.1, 0.15) is 12.0 Å². The van der Waals surface area contributed by atoms with Gasteiger partial charge in [0.1, 0.15) is 5.82 Å². The number of H-pyrrole nitrogens is 1. The maximum Gasteiger partial charge on any atom is 0.225 e. The van der Waals surface area contributed by atoms with E-state index in [0.29, 0.717) is 11.5 Å². The van der Waals surface area contributed by atoms with E-state index < -0.39 is 9.84 Å². The summed E-state index contributed by atoms with van der Waals surface area (Å²) in [5.41, 5.74) is 4.20. The Morgan fingerprint density at radius 3 is 2.53 bits per heavy atom. The van der Waals surface area contributed by atoms with E-state index in [0.717, 1.165) is 22.2 Å². The number of nitrogens with zero attached hydrogens (tertiary/aromatic N) is 1. The van der Waals surface area contributed by atoms with Gasteiger partial charge in [-0.15, -0.1) is 0 Å². The van der Waals surface area contributed by atoms with Gasteiger partial charge in [0, 0.05) is 17.7 Å². The molecule has 0 atom stereocenters. The fraction of sp³-hybridized carbons (Fsp3) is 0.130. The first-order valence-electron chi connectivity index (χ1n) is 9.55. The number of benzene rings is 3. The van der Waals surface area contributed by atoms with Crippen molar-refractivity contribution in [2.75, 3.05) is 11.1 Å². The molecule has 0 spiro atoms. The van der Waals surface area contributed by atoms with E-state index in [-0.39, 0.29) is 23.0 Å². The molecule has 4 rings (SSSR count). The van der Waals surface area contributed by atoms with Crippen LogP contribution >= 0.6 is 0 Å². The van der Waals surface area contributed by atoms with Crippen molar-refractivity contribution in [2.45, 2.75) is 18.2 Å². The molecule has 7 heteroatoms. The van der Waals surface area contributed by atoms with Crippen LogP contribution in [-0.4, -0.2) is 30.0 Å². The molecule has 1 heterocycles. The number of hydrogen-bond donors (Lipinski definition) is 2. The second-order valence-corrected chi connectivity index (χ2v) is 9.22. The fourth-order valence-corrected chi connectivity index (χ4v) is 4.39. The topological polar surface area (TPSA) is 91.9 Å². The second kappa shape index (κ2) is 8.12. The highest BCUT2D eigenvalue weighted by atomic mass is 32.2. The Balaban J connectivity index is 1.43. The molecule has 0 saturated carbocycles. The smallest absolute Gasteiger partial charge is 0.225 e. The molecule has 3 aromatic carbocycles. The number of carbonyl (C=O) groups excluding carboxylic acids is 1. The molecule has 0 fully saturated rings. The molecule has 0 aliphatic carbocycles. The van der Waals surface area contributed by atoms with Crippen molar-refractivity contribution in [1.82, 2.24) is 9.97 Å². The van der Waals surface area contributed by atoms with Crippen LogP contribution in [0.15, 0.2) is 77.7 Å². The SMILES string of the molecule is Cc1ccc(S(=O)(=O)CCC(=O)Nc2cccc(-c3nc4ccccc4[nH]3)c2)cc1. The number of hydrogen-bond acceptors (Lipinski definition) is 4. The van der Waals surface area contributed by atoms with E-state index in [1.165, 1.54) is 0 Å². The minimum atomic E-state index is -3.51. The number of aromatic nitrogens is 2. The predicted molar refractivity (Wildman–Crippen MR) is 118 cm³/mol. The van der Waals surface area contributed by atoms with E-state index >= 15 is 0 Å². The summed E-state index contributed by atoms with van der Waals surface area (Å²) in [5.74, 6) is 0.104. The standard InChI is InChI=1S/C23H21N3O3S/c1-16-9-11-19(12-10-16)30(28,29)14-13-22(27)24-18-6-4-5-17(15-18)23-25-20-7-2-3-8-21(20)26-23/h2-12,15H,13-14H2,1H3,(H,24,27)(H,25,26). The Morgan fingerprint density at radius 2 is 1.77 bits per heavy atom. The average Bonchev–Trinajstić information content (AvgIpc) is 3.17. The molecule has 2 N–H and O–H groups in total. The number of amides is 1. The van der Waals surface area contributed by atoms with Gasteiger partial charge in [-0.3, -0.25) is 4.79 Å². The van der Waals surface area contributed by atoms with Crippen LogP contribution in [0.4, 0.5) is 5.69 Å². The van der Waals surface area contributed by atoms with E-state index in [1.807, 2.05) is 49.4 Å². The monoisotopic (exact) mass is 419 g/mol. The first kappa shape index (κ1) is 19.8. The summed E-state index contributed by atoms with van der Waals surface area (Å²) in [6.45, 7) is 1.89. The molecule has 4 aromatic rings. The summed E-state index contributed by atoms with van der Waals surface area (Å²) >= 11 is 0. The van der Waals surface area contributed by atoms with Gasteiger partial charge in [0.15, 0.2) is 9.84 Å². The number of nitrogens with one attached hydrogen (secondary N) is 2. The summed E-state index contributed by atoms with van der Waals surface area (Å²) in [6, 6.07) is 21.7. The summed E-state index contributed by atoms with van der Waals surface area (Å²) in [7, 11) is -3.51. The Kier molecular flexibility index (Phi) is 5.37. The van der Waals surface area contributed by atoms with E-state index in [4.69, 9.17) is 0 Å². The van der Waals surface area contributed by atoms with Gasteiger partial charge in [-0.05, 0) is 43.3 Å². The third-order valence-electron chi connectivity index (χ3n) is 4.79. The molecular weight excluding hydrogens is 398 g/mol. The Bertz CT molecular complexity index is 1280. The number of anilines is 1. The number of para-hydroxylation sites is 2. The third-order valence-corrected chi connectivity index (χ3v) is 6.52. The Morgan fingerprint density at radius 1 is 1.00 bits per heavy atom. The number of imidazole rings is 1. The molecule has 0 aliphatic heterocycles. The highest BCUT2D eigenvalue weighted by Gasteiger charge is 2.16. The van der Waals surface area contributed by atoms with Crippen LogP contribution in [0.3, 0.4) is 0 Å². The molecule has 0 bridgehead atoms. The Labute approximate surface area is 174 Å². The summed E-state index contributed by atoms with van der Waals surface area (Å²) < 4.78 is 24.9. The van der Waals surface area contributed by atoms with Gasteiger partial charge in [0.25, 0.3) is 0 Å². The summed E-state index contributed by atoms with van der Waals surface area (Å²) in [4.78, 5) is 20.4. The molecule has 6 nitrogen and oxygen atoms in total. The number of rotatable bonds is 6. The van der Waals surface area contributed by atoms with Crippen molar-refractivity contribution in [1.29, 1.82) is 0 Å². The third kappa shape index (κ3) is 4.41. The van der Waals surface area contributed by atoms with E-state index in [2.05, 4.69) is 15.3 Å². The van der Waals surface area contributed by atoms with Crippen LogP contribution in [0, 0.1) is 6.92 Å². The normalized spacial score (nSPS) is 11.5. The molecule has 0 unspecified atom stereocenters. The zero-order valence-electron chi connectivity index (χ0n) is 16.4. The van der Waals surface area contributed by atoms with Crippen molar-refractivity contribution in [3.05, 3.63) is 78.4 Å². The lowest BCUT2D eigenvalue weighted by atomic mass is 10.2. The summed E-state index contributed by atoms with van der Waals surface area (Å²) in [6.07, 6.45) is -0.120. The van der Waals surface area contributed by atoms with E-state index in [9.17, 15) is 13.2 Å². The van der Waals surface area contributed by atoms with Gasteiger partial charge in [0.05, 0.1) is 21.7 Å². The predicted octanol–water partition coefficient (Wildman–Crippen LogP) is 4.34. The maximum atomic E-state index is 12.4. The quantitative estimate of drug-likeness (QED) is 0.486. The van der Waals surface area contributed by atoms with Crippen LogP contribution in [-0.2, 0) is 14.6 Å². The lowest BCUT2D eigenvalue weighted by Crippen LogP contribution is -2.17. The highest BCUT2D eigenvalue weighted by molar-refractivity contribution is 7.91. The van der Waals surface area contributed by atoms with Gasteiger partial charge >= 0.3 is 0 Å². The average molecular weight is 420 g/mol. The van der Waals surface area contributed by atoms with Crippen molar-refractivity contribution >= 4 is 32.5 Å². The van der Waals surface area contributed by atoms with Crippen LogP contribution in [0.5, 0.6) is 0 Å². The van der Waals surface area contributed by atoms with Crippen LogP contribution < -0.4 is 5.32 Å². The maximum absolute atomic E-state index is 12.4. The molecule has 0 radical (unpaired) electrons.